The molecule has 0 fully saturated rings. The van der Waals surface area contributed by atoms with Crippen molar-refractivity contribution in [3.63, 3.8) is 0 Å². The summed E-state index contributed by atoms with van der Waals surface area (Å²) in [4.78, 5) is 0. The van der Waals surface area contributed by atoms with E-state index in [0.717, 1.165) is 19.3 Å². The van der Waals surface area contributed by atoms with Gasteiger partial charge in [-0.15, -0.1) is 0 Å². The third-order valence-electron chi connectivity index (χ3n) is 0.500. The Kier molecular flexibility index (Phi) is 2.56. The zero-order valence-electron chi connectivity index (χ0n) is 4.54. The quantitative estimate of drug-likeness (QED) is 0.438. The van der Waals surface area contributed by atoms with Crippen LogP contribution in [0, 0.1) is 6.92 Å². The van der Waals surface area contributed by atoms with Crippen LogP contribution in [0.4, 0.5) is 0 Å². The van der Waals surface area contributed by atoms with Crippen molar-refractivity contribution in [2.75, 3.05) is 0 Å². The SMILES string of the molecule is [2H]CCCC[CH2]. The topological polar surface area (TPSA) is 0 Å². The first-order chi connectivity index (χ1) is 2.91. The Morgan fingerprint density at radius 2 is 2.80 bits per heavy atom. The molecule has 0 bridgehead atoms. The van der Waals surface area contributed by atoms with Gasteiger partial charge in [0.25, 0.3) is 0 Å². The van der Waals surface area contributed by atoms with Crippen LogP contribution in [-0.2, 0) is 0 Å². The number of rotatable bonds is 2. The van der Waals surface area contributed by atoms with Crippen molar-refractivity contribution >= 4 is 0 Å². The van der Waals surface area contributed by atoms with Crippen molar-refractivity contribution in [3.8, 4) is 0 Å². The molecule has 0 aliphatic carbocycles. The second-order valence-corrected chi connectivity index (χ2v) is 1.06. The van der Waals surface area contributed by atoms with E-state index >= 15 is 0 Å². The smallest absolute Gasteiger partial charge is 0.0230 e. The van der Waals surface area contributed by atoms with Crippen molar-refractivity contribution in [2.24, 2.45) is 0 Å². The minimum Gasteiger partial charge on any atom is -0.0654 e. The highest BCUT2D eigenvalue weighted by Crippen LogP contribution is 1.87. The molecule has 5 heavy (non-hydrogen) atoms. The Morgan fingerprint density at radius 1 is 2.00 bits per heavy atom. The summed E-state index contributed by atoms with van der Waals surface area (Å²) in [5.41, 5.74) is 0. The van der Waals surface area contributed by atoms with E-state index < -0.39 is 0 Å². The molecule has 1 radical (unpaired) electrons. The maximum Gasteiger partial charge on any atom is 0.0230 e. The van der Waals surface area contributed by atoms with Crippen molar-refractivity contribution in [1.82, 2.24) is 0 Å². The van der Waals surface area contributed by atoms with Crippen LogP contribution >= 0.6 is 0 Å². The number of unbranched alkanes of at least 4 members (excludes halogenated alkanes) is 2. The van der Waals surface area contributed by atoms with Crippen molar-refractivity contribution in [1.29, 1.82) is 0 Å². The lowest BCUT2D eigenvalue weighted by atomic mass is 10.3. The molecule has 31 valence electrons. The molecule has 0 saturated carbocycles. The van der Waals surface area contributed by atoms with E-state index in [4.69, 9.17) is 1.37 Å². The molecule has 0 atom stereocenters. The van der Waals surface area contributed by atoms with Gasteiger partial charge in [0.1, 0.15) is 0 Å². The molecule has 0 heteroatoms. The molecule has 0 spiro atoms. The Balaban J connectivity index is 2.34. The fraction of sp³-hybridized carbons (Fsp3) is 0.800. The minimum absolute atomic E-state index is 0.565. The van der Waals surface area contributed by atoms with Crippen LogP contribution in [0.15, 0.2) is 0 Å². The molecule has 0 aromatic heterocycles. The van der Waals surface area contributed by atoms with Gasteiger partial charge in [-0.3, -0.25) is 0 Å². The molecule has 0 aromatic carbocycles. The third-order valence-corrected chi connectivity index (χ3v) is 0.500. The van der Waals surface area contributed by atoms with Gasteiger partial charge in [0, 0.05) is 1.37 Å². The molecule has 0 aromatic rings. The summed E-state index contributed by atoms with van der Waals surface area (Å²) in [6, 6.07) is 0. The normalized spacial score (nSPS) is 11.0. The average molecular weight is 72.1 g/mol. The summed E-state index contributed by atoms with van der Waals surface area (Å²) in [5.74, 6) is 0. The van der Waals surface area contributed by atoms with Gasteiger partial charge in [0.2, 0.25) is 0 Å². The Morgan fingerprint density at radius 3 is 3.00 bits per heavy atom. The fourth-order valence-electron chi connectivity index (χ4n) is 0.177. The van der Waals surface area contributed by atoms with Gasteiger partial charge in [0.15, 0.2) is 0 Å². The highest BCUT2D eigenvalue weighted by molar-refractivity contribution is 4.35. The van der Waals surface area contributed by atoms with Crippen molar-refractivity contribution in [2.45, 2.75) is 26.2 Å². The minimum atomic E-state index is 0.565. The largest absolute Gasteiger partial charge is 0.0654 e. The zero-order chi connectivity index (χ0) is 4.83. The highest BCUT2D eigenvalue weighted by Gasteiger charge is 1.68. The molecule has 0 rings (SSSR count). The summed E-state index contributed by atoms with van der Waals surface area (Å²) in [5, 5.41) is 0. The zero-order valence-corrected chi connectivity index (χ0v) is 3.54. The molecule has 0 heterocycles. The molecule has 0 nitrogen and oxygen atoms in total. The van der Waals surface area contributed by atoms with Gasteiger partial charge < -0.3 is 0 Å². The standard InChI is InChI=1S/C5H11/c1-3-5-4-2/h1,3-5H2,2H3/i2D. The summed E-state index contributed by atoms with van der Waals surface area (Å²) >= 11 is 0. The lowest BCUT2D eigenvalue weighted by Crippen LogP contribution is -1.59. The first kappa shape index (κ1) is 3.20. The van der Waals surface area contributed by atoms with Crippen molar-refractivity contribution < 1.29 is 1.37 Å². The molecule has 0 unspecified atom stereocenters. The maximum absolute atomic E-state index is 6.68. The Labute approximate surface area is 35.6 Å². The molecule has 0 N–H and O–H groups in total. The van der Waals surface area contributed by atoms with Gasteiger partial charge in [-0.2, -0.15) is 0 Å². The first-order valence-corrected chi connectivity index (χ1v) is 2.00. The van der Waals surface area contributed by atoms with E-state index in [9.17, 15) is 0 Å². The lowest BCUT2D eigenvalue weighted by molar-refractivity contribution is 0.813. The van der Waals surface area contributed by atoms with Gasteiger partial charge in [0.05, 0.1) is 0 Å². The molecule has 0 amide bonds. The van der Waals surface area contributed by atoms with Gasteiger partial charge in [-0.1, -0.05) is 33.1 Å². The van der Waals surface area contributed by atoms with E-state index in [2.05, 4.69) is 6.92 Å². The van der Waals surface area contributed by atoms with Crippen LogP contribution in [0.5, 0.6) is 0 Å². The average Bonchev–Trinajstić information content (AvgIpc) is 1.61. The van der Waals surface area contributed by atoms with Gasteiger partial charge in [-0.25, -0.2) is 0 Å². The molecule has 0 aliphatic rings. The second kappa shape index (κ2) is 4.00. The van der Waals surface area contributed by atoms with Crippen LogP contribution in [0.1, 0.15) is 27.5 Å². The second-order valence-electron chi connectivity index (χ2n) is 1.06. The third kappa shape index (κ3) is 4.00. The first-order valence-electron chi connectivity index (χ1n) is 2.71. The van der Waals surface area contributed by atoms with Crippen molar-refractivity contribution in [3.05, 3.63) is 6.92 Å². The van der Waals surface area contributed by atoms with Crippen LogP contribution in [0.25, 0.3) is 0 Å². The summed E-state index contributed by atoms with van der Waals surface area (Å²) < 4.78 is 6.68. The Hall–Kier alpha value is 0. The van der Waals surface area contributed by atoms with E-state index in [-0.39, 0.29) is 0 Å². The predicted molar refractivity (Wildman–Crippen MR) is 24.9 cm³/mol. The van der Waals surface area contributed by atoms with Crippen LogP contribution in [-0.4, -0.2) is 0 Å². The predicted octanol–water partition coefficient (Wildman–Crippen LogP) is 2.01. The molecule has 0 saturated heterocycles. The number of hydrogen-bond donors (Lipinski definition) is 0. The summed E-state index contributed by atoms with van der Waals surface area (Å²) in [6.07, 6.45) is 3.12. The fourth-order valence-corrected chi connectivity index (χ4v) is 0.177. The van der Waals surface area contributed by atoms with E-state index in [0.29, 0.717) is 6.90 Å². The summed E-state index contributed by atoms with van der Waals surface area (Å²) in [7, 11) is 0. The number of hydrogen-bond acceptors (Lipinski definition) is 0. The van der Waals surface area contributed by atoms with Crippen LogP contribution < -0.4 is 0 Å². The van der Waals surface area contributed by atoms with Crippen LogP contribution in [0.2, 0.25) is 0 Å². The molecular formula is C5H11. The Bertz CT molecular complexity index is 15.9. The van der Waals surface area contributed by atoms with Crippen LogP contribution in [0.3, 0.4) is 0 Å². The van der Waals surface area contributed by atoms with Gasteiger partial charge >= 0.3 is 0 Å². The van der Waals surface area contributed by atoms with E-state index in [1.807, 2.05) is 0 Å². The molecular weight excluding hydrogens is 60.1 g/mol. The maximum atomic E-state index is 6.68. The monoisotopic (exact) mass is 72.1 g/mol. The van der Waals surface area contributed by atoms with E-state index in [1.54, 1.807) is 0 Å². The lowest BCUT2D eigenvalue weighted by Gasteiger charge is -1.79. The van der Waals surface area contributed by atoms with Gasteiger partial charge in [-0.05, 0) is 0 Å². The molecule has 0 aliphatic heterocycles. The summed E-state index contributed by atoms with van der Waals surface area (Å²) in [6.45, 7) is 4.20. The van der Waals surface area contributed by atoms with E-state index in [1.165, 1.54) is 0 Å². The highest BCUT2D eigenvalue weighted by atomic mass is 13.7.